The number of amides is 3. The molecule has 1 aromatic heterocycles. The Kier molecular flexibility index (Phi) is 16.2. The second-order valence-corrected chi connectivity index (χ2v) is 26.7. The van der Waals surface area contributed by atoms with Crippen molar-refractivity contribution in [2.45, 2.75) is 160 Å². The molecule has 1 saturated carbocycles. The van der Waals surface area contributed by atoms with E-state index in [2.05, 4.69) is 35.7 Å². The van der Waals surface area contributed by atoms with Gasteiger partial charge in [0, 0.05) is 136 Å². The van der Waals surface area contributed by atoms with Gasteiger partial charge >= 0.3 is 12.1 Å². The maximum atomic E-state index is 15.3. The van der Waals surface area contributed by atoms with E-state index in [0.29, 0.717) is 130 Å². The summed E-state index contributed by atoms with van der Waals surface area (Å²) in [7, 11) is 1.59. The molecule has 10 aliphatic rings. The number of nitrogens with zero attached hydrogens (tertiary/aromatic N) is 8. The average Bonchev–Trinajstić information content (AvgIpc) is 3.11. The number of methoxy groups -OCH3 is 1. The number of nitrogens with one attached hydrogen (secondary N) is 3. The molecule has 1 spiro atoms. The second-order valence-electron chi connectivity index (χ2n) is 26.7. The van der Waals surface area contributed by atoms with Crippen molar-refractivity contribution in [3.63, 3.8) is 0 Å². The van der Waals surface area contributed by atoms with E-state index < -0.39 is 54.4 Å². The van der Waals surface area contributed by atoms with E-state index in [1.807, 2.05) is 57.9 Å². The van der Waals surface area contributed by atoms with Gasteiger partial charge < -0.3 is 38.6 Å². The number of alkyl halides is 3. The first-order valence-corrected chi connectivity index (χ1v) is 30.5. The average molecular weight is 1150 g/mol. The molecule has 19 nitrogen and oxygen atoms in total. The highest BCUT2D eigenvalue weighted by Gasteiger charge is 2.55. The zero-order valence-electron chi connectivity index (χ0n) is 48.8. The van der Waals surface area contributed by atoms with Crippen molar-refractivity contribution < 1.29 is 51.3 Å². The number of aromatic nitrogens is 1. The van der Waals surface area contributed by atoms with Gasteiger partial charge in [-0.25, -0.2) is 5.43 Å². The van der Waals surface area contributed by atoms with E-state index in [9.17, 15) is 14.4 Å². The lowest BCUT2D eigenvalue weighted by Gasteiger charge is -2.46. The first kappa shape index (κ1) is 57.7. The summed E-state index contributed by atoms with van der Waals surface area (Å²) in [5.74, 6) is -0.458. The molecule has 9 aliphatic heterocycles. The molecule has 3 N–H and O–H groups in total. The van der Waals surface area contributed by atoms with Crippen molar-refractivity contribution in [2.75, 3.05) is 110 Å². The number of benzene rings is 1. The van der Waals surface area contributed by atoms with Crippen LogP contribution < -0.4 is 21.0 Å². The number of hydrogen-bond donors (Lipinski definition) is 3. The van der Waals surface area contributed by atoms with Gasteiger partial charge in [-0.2, -0.15) is 13.2 Å². The molecule has 82 heavy (non-hydrogen) atoms. The fourth-order valence-corrected chi connectivity index (χ4v) is 15.1. The Morgan fingerprint density at radius 2 is 1.77 bits per heavy atom. The van der Waals surface area contributed by atoms with Gasteiger partial charge in [0.05, 0.1) is 56.1 Å². The summed E-state index contributed by atoms with van der Waals surface area (Å²) in [6, 6.07) is 3.48. The summed E-state index contributed by atoms with van der Waals surface area (Å²) in [6.07, 6.45) is 2.12. The number of fused-ring (bicyclic) bond motifs is 7. The molecule has 7 saturated heterocycles. The lowest BCUT2D eigenvalue weighted by atomic mass is 9.83. The molecule has 0 radical (unpaired) electrons. The summed E-state index contributed by atoms with van der Waals surface area (Å²) >= 11 is 0. The number of cyclic esters (lactones) is 1. The standard InChI is InChI=1S/C60H86F3N11O8/c1-36(2)52(71-16-13-59(32-71)14-17-72(33-59)56(77)51-50(66-51)38-9-10-38)54(75)65-47-26-42-30-70(21-23-81-42)39-11-12-48-43(24-39)45(27-58(4,5)35-82-57(78)46-8-7-15-74(67-46)55(47)76)53(73(48)34-60(61,62)63)44-25-40(28-64-49(44)37(3)79-6)69-19-18-68-20-22-80-31-41(68)29-69/h11-12,24,28,36-38,40-42,46-47,50-52,66-67H,7-10,13-23,25-27,29-35H2,1-6H3,(H,65,75)/t37-,40+,41-,42-,46-,47-,50+,51+,52-,59-/m0/s1. The normalized spacial score (nSPS) is 32.3. The maximum absolute atomic E-state index is 15.3. The highest BCUT2D eigenvalue weighted by atomic mass is 19.4. The molecule has 3 amide bonds. The number of rotatable bonds is 11. The van der Waals surface area contributed by atoms with Gasteiger partial charge in [-0.3, -0.25) is 49.2 Å². The molecule has 8 fully saturated rings. The number of esters is 1. The van der Waals surface area contributed by atoms with Gasteiger partial charge in [0.1, 0.15) is 24.7 Å². The van der Waals surface area contributed by atoms with Crippen LogP contribution >= 0.6 is 0 Å². The quantitative estimate of drug-likeness (QED) is 0.215. The Hall–Kier alpha value is -4.68. The second kappa shape index (κ2) is 23.0. The number of morpholine rings is 2. The van der Waals surface area contributed by atoms with Crippen LogP contribution in [0.4, 0.5) is 18.9 Å². The number of halogens is 3. The number of aliphatic imine (C=N–C) groups is 1. The van der Waals surface area contributed by atoms with Crippen LogP contribution in [0.15, 0.2) is 28.9 Å². The Bertz CT molecular complexity index is 2820. The zero-order valence-corrected chi connectivity index (χ0v) is 48.8. The van der Waals surface area contributed by atoms with Crippen LogP contribution in [-0.4, -0.2) is 225 Å². The van der Waals surface area contributed by atoms with Crippen molar-refractivity contribution in [3.8, 4) is 0 Å². The summed E-state index contributed by atoms with van der Waals surface area (Å²) in [5.41, 5.74) is 5.94. The summed E-state index contributed by atoms with van der Waals surface area (Å²) < 4.78 is 71.7. The predicted octanol–water partition coefficient (Wildman–Crippen LogP) is 4.21. The fraction of sp³-hybridized carbons (Fsp3) is 0.750. The topological polar surface area (TPSA) is 188 Å². The smallest absolute Gasteiger partial charge is 0.406 e. The number of hydrogen-bond acceptors (Lipinski definition) is 15. The van der Waals surface area contributed by atoms with Gasteiger partial charge in [-0.1, -0.05) is 27.7 Å². The highest BCUT2D eigenvalue weighted by Crippen LogP contribution is 2.46. The van der Waals surface area contributed by atoms with Crippen LogP contribution in [0.3, 0.4) is 0 Å². The van der Waals surface area contributed by atoms with E-state index in [1.165, 1.54) is 22.4 Å². The number of likely N-dealkylation sites (tertiary alicyclic amines) is 2. The van der Waals surface area contributed by atoms with Crippen molar-refractivity contribution in [2.24, 2.45) is 27.7 Å². The van der Waals surface area contributed by atoms with E-state index in [4.69, 9.17) is 23.9 Å². The van der Waals surface area contributed by atoms with E-state index >= 15 is 18.0 Å². The van der Waals surface area contributed by atoms with Crippen LogP contribution in [0.1, 0.15) is 97.2 Å². The Labute approximate surface area is 479 Å². The number of anilines is 1. The summed E-state index contributed by atoms with van der Waals surface area (Å²) in [5, 5.41) is 8.78. The van der Waals surface area contributed by atoms with Crippen molar-refractivity contribution >= 4 is 52.1 Å². The summed E-state index contributed by atoms with van der Waals surface area (Å²) in [6.45, 7) is 17.4. The molecule has 10 heterocycles. The molecule has 1 aliphatic carbocycles. The van der Waals surface area contributed by atoms with Crippen molar-refractivity contribution in [3.05, 3.63) is 35.2 Å². The minimum atomic E-state index is -4.59. The Morgan fingerprint density at radius 1 is 0.963 bits per heavy atom. The molecular formula is C60H86F3N11O8. The molecule has 1 aromatic carbocycles. The fourth-order valence-electron chi connectivity index (χ4n) is 15.1. The predicted molar refractivity (Wildman–Crippen MR) is 303 cm³/mol. The molecule has 0 unspecified atom stereocenters. The molecule has 2 aromatic rings. The number of ether oxygens (including phenoxy) is 4. The third-order valence-corrected chi connectivity index (χ3v) is 19.7. The highest BCUT2D eigenvalue weighted by molar-refractivity contribution is 5.95. The molecular weight excluding hydrogens is 1060 g/mol. The van der Waals surface area contributed by atoms with E-state index in [1.54, 1.807) is 13.2 Å². The summed E-state index contributed by atoms with van der Waals surface area (Å²) in [4.78, 5) is 74.2. The third-order valence-electron chi connectivity index (χ3n) is 19.7. The van der Waals surface area contributed by atoms with Crippen LogP contribution in [-0.2, 0) is 51.1 Å². The van der Waals surface area contributed by atoms with E-state index in [-0.39, 0.29) is 66.6 Å². The number of piperazine rings is 1. The molecule has 22 heteroatoms. The molecule has 450 valence electrons. The third kappa shape index (κ3) is 12.0. The van der Waals surface area contributed by atoms with Crippen molar-refractivity contribution in [1.29, 1.82) is 0 Å². The van der Waals surface area contributed by atoms with Gasteiger partial charge in [-0.05, 0) is 100 Å². The largest absolute Gasteiger partial charge is 0.464 e. The van der Waals surface area contributed by atoms with Crippen LogP contribution in [0, 0.1) is 22.7 Å². The van der Waals surface area contributed by atoms with Crippen molar-refractivity contribution in [1.82, 2.24) is 45.2 Å². The van der Waals surface area contributed by atoms with Crippen LogP contribution in [0.5, 0.6) is 0 Å². The minimum absolute atomic E-state index is 0.0525. The Morgan fingerprint density at radius 3 is 2.55 bits per heavy atom. The van der Waals surface area contributed by atoms with Crippen LogP contribution in [0.2, 0.25) is 0 Å². The maximum Gasteiger partial charge on any atom is 0.406 e. The molecule has 10 atom stereocenters. The molecule has 6 bridgehead atoms. The number of carbonyl (C=O) groups is 4. The van der Waals surface area contributed by atoms with Crippen LogP contribution in [0.25, 0.3) is 16.5 Å². The Balaban J connectivity index is 0.858. The SMILES string of the molecule is CO[C@@H](C)C1=C(c2c3c4cc(ccc4n2CC(F)(F)F)N2CCO[C@@H](C[C@H](NC(=O)[C@H](C(C)C)N4CC[C@]5(CCN(C(=O)[C@@H]6N[C@@H]6C6CC6)C5)C4)C(=O)N4CCC[C@H](N4)C(=O)OCC(C)(C)C3)C2)C[C@@H](N2CCN3CCOC[C@@H]3C2)C=N1. The minimum Gasteiger partial charge on any atom is -0.464 e. The van der Waals surface area contributed by atoms with Gasteiger partial charge in [-0.15, -0.1) is 0 Å². The monoisotopic (exact) mass is 1150 g/mol. The molecule has 12 rings (SSSR count). The lowest BCUT2D eigenvalue weighted by molar-refractivity contribution is -0.156. The van der Waals surface area contributed by atoms with Gasteiger partial charge in [0.2, 0.25) is 11.8 Å². The zero-order chi connectivity index (χ0) is 57.4. The van der Waals surface area contributed by atoms with Gasteiger partial charge in [0.15, 0.2) is 0 Å². The van der Waals surface area contributed by atoms with Gasteiger partial charge in [0.25, 0.3) is 5.91 Å². The number of carbonyl (C=O) groups excluding carboxylic acids is 4. The van der Waals surface area contributed by atoms with E-state index in [0.717, 1.165) is 44.7 Å². The first-order valence-electron chi connectivity index (χ1n) is 30.5. The first-order chi connectivity index (χ1) is 39.2. The number of hydrazine groups is 1. The lowest BCUT2D eigenvalue weighted by Crippen LogP contribution is -2.62.